The minimum absolute atomic E-state index is 0.0446. The second kappa shape index (κ2) is 7.57. The van der Waals surface area contributed by atoms with Crippen molar-refractivity contribution in [2.75, 3.05) is 26.3 Å². The number of amides is 1. The number of hydrogen-bond donors (Lipinski definition) is 0. The third-order valence-electron chi connectivity index (χ3n) is 5.38. The van der Waals surface area contributed by atoms with E-state index in [2.05, 4.69) is 15.2 Å². The highest BCUT2D eigenvalue weighted by Crippen LogP contribution is 2.26. The zero-order valence-electron chi connectivity index (χ0n) is 15.1. The molecule has 2 fully saturated rings. The average molecular weight is 359 g/mol. The van der Waals surface area contributed by atoms with Crippen molar-refractivity contribution in [1.29, 1.82) is 0 Å². The van der Waals surface area contributed by atoms with E-state index in [1.165, 1.54) is 0 Å². The zero-order chi connectivity index (χ0) is 17.9. The molecule has 1 atom stereocenters. The molecule has 26 heavy (non-hydrogen) atoms. The number of rotatable bonds is 4. The van der Waals surface area contributed by atoms with E-state index in [1.807, 2.05) is 4.90 Å². The maximum absolute atomic E-state index is 12.7. The van der Waals surface area contributed by atoms with Crippen LogP contribution in [-0.2, 0) is 18.2 Å². The first-order valence-electron chi connectivity index (χ1n) is 9.38. The van der Waals surface area contributed by atoms with Crippen molar-refractivity contribution in [3.05, 3.63) is 29.7 Å². The summed E-state index contributed by atoms with van der Waals surface area (Å²) in [6.45, 7) is 3.04. The molecule has 140 valence electrons. The number of aromatic nitrogens is 4. The lowest BCUT2D eigenvalue weighted by atomic mass is 9.94. The average Bonchev–Trinajstić information content (AvgIpc) is 3.31. The molecule has 2 saturated heterocycles. The van der Waals surface area contributed by atoms with E-state index in [-0.39, 0.29) is 5.91 Å². The van der Waals surface area contributed by atoms with Gasteiger partial charge in [-0.3, -0.25) is 9.48 Å². The van der Waals surface area contributed by atoms with E-state index in [0.29, 0.717) is 23.4 Å². The Morgan fingerprint density at radius 1 is 1.31 bits per heavy atom. The van der Waals surface area contributed by atoms with Gasteiger partial charge < -0.3 is 14.2 Å². The quantitative estimate of drug-likeness (QED) is 0.827. The zero-order valence-corrected chi connectivity index (χ0v) is 15.1. The van der Waals surface area contributed by atoms with Crippen molar-refractivity contribution in [2.24, 2.45) is 13.0 Å². The fourth-order valence-electron chi connectivity index (χ4n) is 3.88. The molecule has 8 heteroatoms. The molecule has 2 aliphatic heterocycles. The Bertz CT molecular complexity index is 750. The molecular weight excluding hydrogens is 334 g/mol. The lowest BCUT2D eigenvalue weighted by molar-refractivity contribution is 0.0657. The number of piperidine rings is 1. The van der Waals surface area contributed by atoms with Gasteiger partial charge in [0.15, 0.2) is 5.82 Å². The third-order valence-corrected chi connectivity index (χ3v) is 5.38. The van der Waals surface area contributed by atoms with E-state index in [4.69, 9.17) is 9.26 Å². The van der Waals surface area contributed by atoms with Crippen molar-refractivity contribution in [2.45, 2.75) is 38.0 Å². The van der Waals surface area contributed by atoms with Gasteiger partial charge in [0, 0.05) is 51.9 Å². The van der Waals surface area contributed by atoms with Gasteiger partial charge in [-0.25, -0.2) is 0 Å². The molecule has 0 aromatic carbocycles. The molecule has 4 heterocycles. The molecule has 2 aliphatic rings. The summed E-state index contributed by atoms with van der Waals surface area (Å²) in [6.07, 6.45) is 6.36. The number of carbonyl (C=O) groups is 1. The monoisotopic (exact) mass is 359 g/mol. The lowest BCUT2D eigenvalue weighted by Gasteiger charge is -2.32. The second-order valence-corrected chi connectivity index (χ2v) is 7.24. The van der Waals surface area contributed by atoms with Crippen LogP contribution in [0.2, 0.25) is 0 Å². The third kappa shape index (κ3) is 3.65. The standard InChI is InChI=1S/C18H25N5O3/c1-22-15(4-7-19-22)18(24)23-8-2-3-13(12-23)11-16-20-17(21-26-16)14-5-9-25-10-6-14/h4,7,13-14H,2-3,5-6,8-12H2,1H3. The van der Waals surface area contributed by atoms with Gasteiger partial charge in [0.25, 0.3) is 5.91 Å². The van der Waals surface area contributed by atoms with Crippen LogP contribution >= 0.6 is 0 Å². The predicted octanol–water partition coefficient (Wildman–Crippen LogP) is 1.79. The molecule has 0 aliphatic carbocycles. The highest BCUT2D eigenvalue weighted by atomic mass is 16.5. The molecule has 0 N–H and O–H groups in total. The molecule has 0 bridgehead atoms. The van der Waals surface area contributed by atoms with Crippen molar-refractivity contribution in [3.8, 4) is 0 Å². The number of hydrogen-bond acceptors (Lipinski definition) is 6. The molecule has 0 saturated carbocycles. The highest BCUT2D eigenvalue weighted by molar-refractivity contribution is 5.92. The first-order chi connectivity index (χ1) is 12.7. The smallest absolute Gasteiger partial charge is 0.272 e. The fourth-order valence-corrected chi connectivity index (χ4v) is 3.88. The van der Waals surface area contributed by atoms with Gasteiger partial charge in [0.2, 0.25) is 5.89 Å². The van der Waals surface area contributed by atoms with Gasteiger partial charge in [-0.2, -0.15) is 10.1 Å². The summed E-state index contributed by atoms with van der Waals surface area (Å²) in [5.74, 6) is 2.23. The van der Waals surface area contributed by atoms with Crippen LogP contribution < -0.4 is 0 Å². The van der Waals surface area contributed by atoms with E-state index in [9.17, 15) is 4.79 Å². The van der Waals surface area contributed by atoms with Gasteiger partial charge in [0.05, 0.1) is 0 Å². The Hall–Kier alpha value is -2.22. The number of likely N-dealkylation sites (tertiary alicyclic amines) is 1. The minimum Gasteiger partial charge on any atom is -0.381 e. The number of ether oxygens (including phenoxy) is 1. The van der Waals surface area contributed by atoms with Crippen LogP contribution in [0.5, 0.6) is 0 Å². The summed E-state index contributed by atoms with van der Waals surface area (Å²) in [7, 11) is 1.80. The van der Waals surface area contributed by atoms with Crippen molar-refractivity contribution >= 4 is 5.91 Å². The van der Waals surface area contributed by atoms with Crippen molar-refractivity contribution < 1.29 is 14.1 Å². The Kier molecular flexibility index (Phi) is 5.01. The maximum Gasteiger partial charge on any atom is 0.272 e. The van der Waals surface area contributed by atoms with Gasteiger partial charge in [0.1, 0.15) is 5.69 Å². The molecule has 0 spiro atoms. The number of nitrogens with zero attached hydrogens (tertiary/aromatic N) is 5. The van der Waals surface area contributed by atoms with Crippen LogP contribution in [0.3, 0.4) is 0 Å². The normalized spacial score (nSPS) is 21.9. The predicted molar refractivity (Wildman–Crippen MR) is 92.6 cm³/mol. The van der Waals surface area contributed by atoms with Crippen LogP contribution in [0.15, 0.2) is 16.8 Å². The Balaban J connectivity index is 1.37. The summed E-state index contributed by atoms with van der Waals surface area (Å²) < 4.78 is 12.5. The minimum atomic E-state index is 0.0446. The Morgan fingerprint density at radius 3 is 2.92 bits per heavy atom. The van der Waals surface area contributed by atoms with E-state index < -0.39 is 0 Å². The topological polar surface area (TPSA) is 86.3 Å². The Labute approximate surface area is 152 Å². The van der Waals surface area contributed by atoms with Crippen LogP contribution in [0, 0.1) is 5.92 Å². The fraction of sp³-hybridized carbons (Fsp3) is 0.667. The van der Waals surface area contributed by atoms with E-state index in [0.717, 1.165) is 64.2 Å². The second-order valence-electron chi connectivity index (χ2n) is 7.24. The van der Waals surface area contributed by atoms with Crippen LogP contribution in [0.1, 0.15) is 53.8 Å². The number of carbonyl (C=O) groups excluding carboxylic acids is 1. The summed E-state index contributed by atoms with van der Waals surface area (Å²) >= 11 is 0. The van der Waals surface area contributed by atoms with Crippen LogP contribution in [-0.4, -0.2) is 57.0 Å². The van der Waals surface area contributed by atoms with Crippen molar-refractivity contribution in [1.82, 2.24) is 24.8 Å². The molecule has 2 aromatic heterocycles. The first kappa shape index (κ1) is 17.2. The molecule has 2 aromatic rings. The maximum atomic E-state index is 12.7. The van der Waals surface area contributed by atoms with Crippen LogP contribution in [0.4, 0.5) is 0 Å². The van der Waals surface area contributed by atoms with E-state index in [1.54, 1.807) is 24.0 Å². The van der Waals surface area contributed by atoms with Gasteiger partial charge >= 0.3 is 0 Å². The van der Waals surface area contributed by atoms with E-state index >= 15 is 0 Å². The van der Waals surface area contributed by atoms with Gasteiger partial charge in [-0.15, -0.1) is 0 Å². The summed E-state index contributed by atoms with van der Waals surface area (Å²) in [6, 6.07) is 1.77. The lowest BCUT2D eigenvalue weighted by Crippen LogP contribution is -2.41. The first-order valence-corrected chi connectivity index (χ1v) is 9.38. The number of aryl methyl sites for hydroxylation is 1. The van der Waals surface area contributed by atoms with Gasteiger partial charge in [-0.05, 0) is 37.7 Å². The molecule has 8 nitrogen and oxygen atoms in total. The largest absolute Gasteiger partial charge is 0.381 e. The summed E-state index contributed by atoms with van der Waals surface area (Å²) in [4.78, 5) is 19.2. The van der Waals surface area contributed by atoms with Crippen LogP contribution in [0.25, 0.3) is 0 Å². The molecule has 0 radical (unpaired) electrons. The Morgan fingerprint density at radius 2 is 2.15 bits per heavy atom. The summed E-state index contributed by atoms with van der Waals surface area (Å²) in [5, 5.41) is 8.27. The molecule has 4 rings (SSSR count). The highest BCUT2D eigenvalue weighted by Gasteiger charge is 2.28. The molecule has 1 unspecified atom stereocenters. The van der Waals surface area contributed by atoms with Crippen molar-refractivity contribution in [3.63, 3.8) is 0 Å². The SMILES string of the molecule is Cn1nccc1C(=O)N1CCCC(Cc2nc(C3CCOCC3)no2)C1. The molecular formula is C18H25N5O3. The van der Waals surface area contributed by atoms with Gasteiger partial charge in [-0.1, -0.05) is 5.16 Å². The summed E-state index contributed by atoms with van der Waals surface area (Å²) in [5.41, 5.74) is 0.630. The molecule has 1 amide bonds.